The van der Waals surface area contributed by atoms with Gasteiger partial charge in [0, 0.05) is 6.92 Å². The summed E-state index contributed by atoms with van der Waals surface area (Å²) < 4.78 is 3.88. The van der Waals surface area contributed by atoms with Crippen molar-refractivity contribution in [2.75, 3.05) is 0 Å². The molecule has 1 fully saturated rings. The lowest BCUT2D eigenvalue weighted by molar-refractivity contribution is -0.727. The smallest absolute Gasteiger partial charge is 0.346 e. The van der Waals surface area contributed by atoms with Crippen molar-refractivity contribution in [3.05, 3.63) is 90.0 Å². The highest BCUT2D eigenvalue weighted by Crippen LogP contribution is 2.48. The van der Waals surface area contributed by atoms with Gasteiger partial charge in [0.15, 0.2) is 6.54 Å². The number of nitrogens with zero attached hydrogens (tertiary/aromatic N) is 2. The first-order valence-corrected chi connectivity index (χ1v) is 10.6. The molecule has 0 aliphatic heterocycles. The number of imidazole rings is 1. The molecule has 168 valence electrons. The largest absolute Gasteiger partial charge is 1.00 e. The van der Waals surface area contributed by atoms with E-state index < -0.39 is 11.4 Å². The molecule has 0 saturated heterocycles. The molecule has 0 unspecified atom stereocenters. The fraction of sp³-hybridized carbons (Fsp3) is 0.320. The Morgan fingerprint density at radius 3 is 2.12 bits per heavy atom. The summed E-state index contributed by atoms with van der Waals surface area (Å²) in [5.74, 6) is -0.261. The van der Waals surface area contributed by atoms with Crippen LogP contribution in [0.4, 0.5) is 0 Å². The average molecular weight is 498 g/mol. The Labute approximate surface area is 198 Å². The molecule has 7 heteroatoms. The maximum Gasteiger partial charge on any atom is 0.346 e. The Bertz CT molecular complexity index is 1040. The topological polar surface area (TPSA) is 89.2 Å². The Morgan fingerprint density at radius 2 is 1.62 bits per heavy atom. The average Bonchev–Trinajstić information content (AvgIpc) is 3.37. The van der Waals surface area contributed by atoms with Crippen molar-refractivity contribution in [3.63, 3.8) is 0 Å². The third kappa shape index (κ3) is 4.09. The van der Waals surface area contributed by atoms with Crippen molar-refractivity contribution >= 4 is 11.9 Å². The van der Waals surface area contributed by atoms with Crippen molar-refractivity contribution in [3.8, 4) is 0 Å². The number of amides is 1. The second kappa shape index (κ2) is 9.69. The molecule has 2 atom stereocenters. The van der Waals surface area contributed by atoms with Gasteiger partial charge in [-0.1, -0.05) is 60.7 Å². The molecule has 0 radical (unpaired) electrons. The molecule has 1 amide bonds. The quantitative estimate of drug-likeness (QED) is 0.449. The van der Waals surface area contributed by atoms with Crippen molar-refractivity contribution in [1.29, 1.82) is 0 Å². The zero-order chi connectivity index (χ0) is 22.0. The van der Waals surface area contributed by atoms with Crippen molar-refractivity contribution in [2.24, 2.45) is 11.7 Å². The van der Waals surface area contributed by atoms with E-state index >= 15 is 0 Å². The molecular formula is C25H28BrN3O3. The minimum absolute atomic E-state index is 0. The van der Waals surface area contributed by atoms with E-state index in [0.29, 0.717) is 0 Å². The summed E-state index contributed by atoms with van der Waals surface area (Å²) in [6.07, 6.45) is 6.31. The molecule has 0 bridgehead atoms. The van der Waals surface area contributed by atoms with Gasteiger partial charge in [0.05, 0.1) is 0 Å². The van der Waals surface area contributed by atoms with Crippen LogP contribution in [0.5, 0.6) is 0 Å². The second-order valence-corrected chi connectivity index (χ2v) is 8.34. The van der Waals surface area contributed by atoms with Gasteiger partial charge in [-0.15, -0.1) is 0 Å². The van der Waals surface area contributed by atoms with Gasteiger partial charge in [0.1, 0.15) is 23.9 Å². The lowest BCUT2D eigenvalue weighted by Gasteiger charge is -2.37. The van der Waals surface area contributed by atoms with E-state index in [1.165, 1.54) is 0 Å². The second-order valence-electron chi connectivity index (χ2n) is 8.34. The molecule has 1 aliphatic rings. The first-order valence-electron chi connectivity index (χ1n) is 10.6. The highest BCUT2D eigenvalue weighted by Gasteiger charge is 2.51. The van der Waals surface area contributed by atoms with E-state index in [1.54, 1.807) is 4.57 Å². The number of halogens is 1. The summed E-state index contributed by atoms with van der Waals surface area (Å²) in [5, 5.41) is 9.15. The number of aromatic nitrogens is 2. The summed E-state index contributed by atoms with van der Waals surface area (Å²) in [6, 6.07) is 19.9. The maximum atomic E-state index is 13.2. The molecule has 32 heavy (non-hydrogen) atoms. The molecular weight excluding hydrogens is 470 g/mol. The Kier molecular flexibility index (Phi) is 7.19. The number of hydrogen-bond acceptors (Lipinski definition) is 2. The summed E-state index contributed by atoms with van der Waals surface area (Å²) in [7, 11) is 0. The number of hydrogen-bond donors (Lipinski definition) is 2. The third-order valence-corrected chi connectivity index (χ3v) is 6.76. The highest BCUT2D eigenvalue weighted by molar-refractivity contribution is 5.91. The van der Waals surface area contributed by atoms with Crippen LogP contribution < -0.4 is 27.3 Å². The lowest BCUT2D eigenvalue weighted by Crippen LogP contribution is -3.00. The zero-order valence-corrected chi connectivity index (χ0v) is 19.6. The van der Waals surface area contributed by atoms with E-state index in [0.717, 1.165) is 36.2 Å². The number of rotatable bonds is 7. The van der Waals surface area contributed by atoms with Crippen molar-refractivity contribution in [2.45, 2.75) is 44.2 Å². The van der Waals surface area contributed by atoms with Gasteiger partial charge in [-0.2, -0.15) is 0 Å². The van der Waals surface area contributed by atoms with E-state index in [9.17, 15) is 9.59 Å². The summed E-state index contributed by atoms with van der Waals surface area (Å²) in [4.78, 5) is 24.3. The molecule has 2 aromatic carbocycles. The Balaban J connectivity index is 0.00000289. The van der Waals surface area contributed by atoms with Gasteiger partial charge in [-0.05, 0) is 36.3 Å². The van der Waals surface area contributed by atoms with Crippen LogP contribution in [0, 0.1) is 12.8 Å². The van der Waals surface area contributed by atoms with E-state index in [4.69, 9.17) is 10.8 Å². The van der Waals surface area contributed by atoms with E-state index in [1.807, 2.05) is 80.0 Å². The Morgan fingerprint density at radius 1 is 1.06 bits per heavy atom. The number of carbonyl (C=O) groups excluding carboxylic acids is 1. The van der Waals surface area contributed by atoms with Crippen LogP contribution in [-0.2, 0) is 21.5 Å². The molecule has 4 rings (SSSR count). The third-order valence-electron chi connectivity index (χ3n) is 6.76. The molecule has 1 saturated carbocycles. The van der Waals surface area contributed by atoms with Crippen LogP contribution in [0.15, 0.2) is 73.1 Å². The number of aliphatic carboxylic acids is 1. The predicted octanol–water partition coefficient (Wildman–Crippen LogP) is -0.0146. The van der Waals surface area contributed by atoms with Gasteiger partial charge in [-0.25, -0.2) is 13.9 Å². The van der Waals surface area contributed by atoms with Crippen molar-refractivity contribution in [1.82, 2.24) is 4.57 Å². The van der Waals surface area contributed by atoms with E-state index in [-0.39, 0.29) is 41.4 Å². The minimum atomic E-state index is -0.907. The highest BCUT2D eigenvalue weighted by atomic mass is 79.9. The standard InChI is InChI=1S/C25H27N3O3.BrH/c1-18-27(17-23(29)30)14-15-28(18)22-13-12-21(16-22)25(24(26)31,19-8-4-2-5-9-19)20-10-6-3-7-11-20;/h2-11,14-15,21-22H,12-13,16-17H2,1H3,(H2-,26,29,30,31);1H/t21-,22+;/m1./s1. The van der Waals surface area contributed by atoms with Crippen LogP contribution in [0.25, 0.3) is 0 Å². The first kappa shape index (κ1) is 23.7. The Hall–Kier alpha value is -2.93. The van der Waals surface area contributed by atoms with Gasteiger partial charge in [0.2, 0.25) is 5.91 Å². The summed E-state index contributed by atoms with van der Waals surface area (Å²) >= 11 is 0. The SMILES string of the molecule is Cc1n(CC(=O)O)cc[n+]1[C@H]1CC[C@@H](C(C(N)=O)(c2ccccc2)c2ccccc2)C1.[Br-]. The van der Waals surface area contributed by atoms with E-state index in [2.05, 4.69) is 4.57 Å². The van der Waals surface area contributed by atoms with Crippen LogP contribution in [0.1, 0.15) is 42.3 Å². The number of primary amides is 1. The van der Waals surface area contributed by atoms with Crippen LogP contribution in [0.2, 0.25) is 0 Å². The molecule has 3 aromatic rings. The summed E-state index contributed by atoms with van der Waals surface area (Å²) in [6.45, 7) is 1.88. The molecule has 1 aliphatic carbocycles. The van der Waals surface area contributed by atoms with Crippen molar-refractivity contribution < 1.29 is 36.2 Å². The van der Waals surface area contributed by atoms with Crippen LogP contribution >= 0.6 is 0 Å². The van der Waals surface area contributed by atoms with Crippen LogP contribution in [0.3, 0.4) is 0 Å². The van der Waals surface area contributed by atoms with Gasteiger partial charge in [0.25, 0.3) is 5.82 Å². The molecule has 0 spiro atoms. The fourth-order valence-electron chi connectivity index (χ4n) is 5.34. The number of nitrogens with two attached hydrogens (primary N) is 1. The number of carbonyl (C=O) groups is 2. The summed E-state index contributed by atoms with van der Waals surface area (Å²) in [5.41, 5.74) is 7.11. The van der Waals surface area contributed by atoms with Gasteiger partial charge >= 0.3 is 5.97 Å². The number of benzene rings is 2. The first-order chi connectivity index (χ1) is 14.9. The number of carboxylic acid groups (broad SMARTS) is 1. The molecule has 3 N–H and O–H groups in total. The monoisotopic (exact) mass is 497 g/mol. The molecule has 1 heterocycles. The maximum absolute atomic E-state index is 13.2. The molecule has 1 aromatic heterocycles. The number of carboxylic acids is 1. The van der Waals surface area contributed by atoms with Gasteiger partial charge < -0.3 is 27.8 Å². The lowest BCUT2D eigenvalue weighted by atomic mass is 9.64. The van der Waals surface area contributed by atoms with Crippen LogP contribution in [-0.4, -0.2) is 21.6 Å². The zero-order valence-electron chi connectivity index (χ0n) is 18.0. The predicted molar refractivity (Wildman–Crippen MR) is 116 cm³/mol. The fourth-order valence-corrected chi connectivity index (χ4v) is 5.34. The van der Waals surface area contributed by atoms with Gasteiger partial charge in [-0.3, -0.25) is 4.79 Å². The normalized spacial score (nSPS) is 18.2. The minimum Gasteiger partial charge on any atom is -1.00 e. The molecule has 6 nitrogen and oxygen atoms in total.